The maximum atomic E-state index is 12.7. The van der Waals surface area contributed by atoms with Crippen molar-refractivity contribution in [2.24, 2.45) is 0 Å². The molecule has 0 bridgehead atoms. The van der Waals surface area contributed by atoms with Crippen LogP contribution in [0.4, 0.5) is 0 Å². The molecule has 1 N–H and O–H groups in total. The SMILES string of the molecule is COc1cc(OC)cc(C(=O)NC(CN(C)C)c2ccccc2)c1. The van der Waals surface area contributed by atoms with Crippen molar-refractivity contribution in [1.82, 2.24) is 10.2 Å². The molecule has 2 aromatic carbocycles. The van der Waals surface area contributed by atoms with E-state index in [1.54, 1.807) is 32.4 Å². The monoisotopic (exact) mass is 328 g/mol. The number of carbonyl (C=O) groups excluding carboxylic acids is 1. The molecule has 5 heteroatoms. The first-order valence-corrected chi connectivity index (χ1v) is 7.77. The number of ether oxygens (including phenoxy) is 2. The van der Waals surface area contributed by atoms with Crippen LogP contribution in [-0.2, 0) is 0 Å². The number of benzene rings is 2. The number of hydrogen-bond acceptors (Lipinski definition) is 4. The van der Waals surface area contributed by atoms with Crippen LogP contribution in [0.15, 0.2) is 48.5 Å². The average Bonchev–Trinajstić information content (AvgIpc) is 2.60. The molecule has 0 radical (unpaired) electrons. The molecule has 2 aromatic rings. The highest BCUT2D eigenvalue weighted by Gasteiger charge is 2.17. The molecule has 0 saturated heterocycles. The summed E-state index contributed by atoms with van der Waals surface area (Å²) in [6.07, 6.45) is 0. The molecule has 1 amide bonds. The van der Waals surface area contributed by atoms with Gasteiger partial charge in [-0.05, 0) is 31.8 Å². The van der Waals surface area contributed by atoms with E-state index >= 15 is 0 Å². The largest absolute Gasteiger partial charge is 0.497 e. The summed E-state index contributed by atoms with van der Waals surface area (Å²) in [5.41, 5.74) is 1.57. The molecule has 2 rings (SSSR count). The maximum absolute atomic E-state index is 12.7. The first kappa shape index (κ1) is 17.8. The number of methoxy groups -OCH3 is 2. The van der Waals surface area contributed by atoms with E-state index in [0.717, 1.165) is 5.56 Å². The number of rotatable bonds is 7. The van der Waals surface area contributed by atoms with Crippen molar-refractivity contribution in [3.05, 3.63) is 59.7 Å². The van der Waals surface area contributed by atoms with Crippen molar-refractivity contribution in [2.75, 3.05) is 34.9 Å². The van der Waals surface area contributed by atoms with Gasteiger partial charge in [0.15, 0.2) is 0 Å². The molecule has 5 nitrogen and oxygen atoms in total. The first-order valence-electron chi connectivity index (χ1n) is 7.77. The van der Waals surface area contributed by atoms with Crippen LogP contribution in [0, 0.1) is 0 Å². The molecule has 1 atom stereocenters. The Kier molecular flexibility index (Phi) is 6.21. The summed E-state index contributed by atoms with van der Waals surface area (Å²) >= 11 is 0. The third-order valence-corrected chi connectivity index (χ3v) is 3.67. The van der Waals surface area contributed by atoms with Crippen LogP contribution < -0.4 is 14.8 Å². The highest BCUT2D eigenvalue weighted by Crippen LogP contribution is 2.23. The summed E-state index contributed by atoms with van der Waals surface area (Å²) < 4.78 is 10.5. The van der Waals surface area contributed by atoms with E-state index in [1.807, 2.05) is 49.3 Å². The minimum atomic E-state index is -0.164. The summed E-state index contributed by atoms with van der Waals surface area (Å²) in [5, 5.41) is 3.09. The highest BCUT2D eigenvalue weighted by molar-refractivity contribution is 5.95. The molecule has 24 heavy (non-hydrogen) atoms. The molecular weight excluding hydrogens is 304 g/mol. The minimum absolute atomic E-state index is 0.106. The third kappa shape index (κ3) is 4.73. The van der Waals surface area contributed by atoms with Gasteiger partial charge in [0.2, 0.25) is 0 Å². The van der Waals surface area contributed by atoms with Gasteiger partial charge >= 0.3 is 0 Å². The van der Waals surface area contributed by atoms with E-state index in [4.69, 9.17) is 9.47 Å². The number of amides is 1. The topological polar surface area (TPSA) is 50.8 Å². The van der Waals surface area contributed by atoms with Gasteiger partial charge in [-0.3, -0.25) is 4.79 Å². The summed E-state index contributed by atoms with van der Waals surface area (Å²) in [5.74, 6) is 1.01. The van der Waals surface area contributed by atoms with Gasteiger partial charge in [-0.25, -0.2) is 0 Å². The lowest BCUT2D eigenvalue weighted by atomic mass is 10.1. The molecule has 0 saturated carbocycles. The Morgan fingerprint density at radius 3 is 2.12 bits per heavy atom. The van der Waals surface area contributed by atoms with Crippen LogP contribution in [0.3, 0.4) is 0 Å². The second kappa shape index (κ2) is 8.36. The Morgan fingerprint density at radius 2 is 1.62 bits per heavy atom. The minimum Gasteiger partial charge on any atom is -0.497 e. The molecule has 0 spiro atoms. The van der Waals surface area contributed by atoms with Crippen LogP contribution in [0.25, 0.3) is 0 Å². The van der Waals surface area contributed by atoms with Crippen molar-refractivity contribution < 1.29 is 14.3 Å². The number of carbonyl (C=O) groups is 1. The van der Waals surface area contributed by atoms with Crippen LogP contribution in [0.1, 0.15) is 22.0 Å². The van der Waals surface area contributed by atoms with E-state index in [2.05, 4.69) is 5.32 Å². The zero-order valence-corrected chi connectivity index (χ0v) is 14.6. The van der Waals surface area contributed by atoms with Crippen molar-refractivity contribution >= 4 is 5.91 Å². The quantitative estimate of drug-likeness (QED) is 0.849. The van der Waals surface area contributed by atoms with E-state index in [0.29, 0.717) is 23.6 Å². The second-order valence-electron chi connectivity index (χ2n) is 5.80. The number of likely N-dealkylation sites (N-methyl/N-ethyl adjacent to an activating group) is 1. The molecule has 0 aliphatic heterocycles. The molecule has 1 unspecified atom stereocenters. The lowest BCUT2D eigenvalue weighted by Crippen LogP contribution is -2.35. The zero-order chi connectivity index (χ0) is 17.5. The summed E-state index contributed by atoms with van der Waals surface area (Å²) in [6.45, 7) is 0.705. The van der Waals surface area contributed by atoms with Crippen LogP contribution >= 0.6 is 0 Å². The highest BCUT2D eigenvalue weighted by atomic mass is 16.5. The Hall–Kier alpha value is -2.53. The van der Waals surface area contributed by atoms with Gasteiger partial charge in [-0.1, -0.05) is 30.3 Å². The maximum Gasteiger partial charge on any atom is 0.252 e. The van der Waals surface area contributed by atoms with E-state index in [1.165, 1.54) is 0 Å². The first-order chi connectivity index (χ1) is 11.5. The molecule has 0 aromatic heterocycles. The Morgan fingerprint density at radius 1 is 1.04 bits per heavy atom. The van der Waals surface area contributed by atoms with Gasteiger partial charge in [-0.2, -0.15) is 0 Å². The Labute approximate surface area is 143 Å². The van der Waals surface area contributed by atoms with Crippen LogP contribution in [0.5, 0.6) is 11.5 Å². The lowest BCUT2D eigenvalue weighted by molar-refractivity contribution is 0.0929. The summed E-state index contributed by atoms with van der Waals surface area (Å²) in [7, 11) is 7.10. The van der Waals surface area contributed by atoms with E-state index in [-0.39, 0.29) is 11.9 Å². The standard InChI is InChI=1S/C19H24N2O3/c1-21(2)13-18(14-8-6-5-7-9-14)20-19(22)15-10-16(23-3)12-17(11-15)24-4/h5-12,18H,13H2,1-4H3,(H,20,22). The van der Waals surface area contributed by atoms with Gasteiger partial charge in [0.25, 0.3) is 5.91 Å². The molecule has 0 heterocycles. The molecule has 0 fully saturated rings. The zero-order valence-electron chi connectivity index (χ0n) is 14.6. The average molecular weight is 328 g/mol. The van der Waals surface area contributed by atoms with Gasteiger partial charge in [0, 0.05) is 18.2 Å². The van der Waals surface area contributed by atoms with Crippen LogP contribution in [-0.4, -0.2) is 45.7 Å². The van der Waals surface area contributed by atoms with Gasteiger partial charge in [0.05, 0.1) is 20.3 Å². The Balaban J connectivity index is 2.24. The van der Waals surface area contributed by atoms with Gasteiger partial charge in [-0.15, -0.1) is 0 Å². The van der Waals surface area contributed by atoms with E-state index < -0.39 is 0 Å². The van der Waals surface area contributed by atoms with E-state index in [9.17, 15) is 4.79 Å². The number of hydrogen-bond donors (Lipinski definition) is 1. The molecule has 0 aliphatic carbocycles. The van der Waals surface area contributed by atoms with Crippen LogP contribution in [0.2, 0.25) is 0 Å². The Bertz CT molecular complexity index is 649. The summed E-state index contributed by atoms with van der Waals surface area (Å²) in [4.78, 5) is 14.8. The fraction of sp³-hybridized carbons (Fsp3) is 0.316. The van der Waals surface area contributed by atoms with Crippen molar-refractivity contribution in [3.63, 3.8) is 0 Å². The fourth-order valence-electron chi connectivity index (χ4n) is 2.46. The summed E-state index contributed by atoms with van der Waals surface area (Å²) in [6, 6.07) is 15.0. The predicted molar refractivity (Wildman–Crippen MR) is 94.7 cm³/mol. The fourth-order valence-corrected chi connectivity index (χ4v) is 2.46. The smallest absolute Gasteiger partial charge is 0.252 e. The van der Waals surface area contributed by atoms with Crippen molar-refractivity contribution in [1.29, 1.82) is 0 Å². The molecule has 0 aliphatic rings. The third-order valence-electron chi connectivity index (χ3n) is 3.67. The van der Waals surface area contributed by atoms with Crippen molar-refractivity contribution in [2.45, 2.75) is 6.04 Å². The normalized spacial score (nSPS) is 11.9. The second-order valence-corrected chi connectivity index (χ2v) is 5.80. The number of nitrogens with one attached hydrogen (secondary N) is 1. The molecular formula is C19H24N2O3. The number of nitrogens with zero attached hydrogens (tertiary/aromatic N) is 1. The van der Waals surface area contributed by atoms with Gasteiger partial charge in [0.1, 0.15) is 11.5 Å². The predicted octanol–water partition coefficient (Wildman–Crippen LogP) is 2.74. The molecule has 128 valence electrons. The van der Waals surface area contributed by atoms with Gasteiger partial charge < -0.3 is 19.7 Å². The lowest BCUT2D eigenvalue weighted by Gasteiger charge is -2.23. The van der Waals surface area contributed by atoms with Crippen molar-refractivity contribution in [3.8, 4) is 11.5 Å².